The Morgan fingerprint density at radius 3 is 2.21 bits per heavy atom. The van der Waals surface area contributed by atoms with E-state index in [0.29, 0.717) is 0 Å². The van der Waals surface area contributed by atoms with Gasteiger partial charge in [-0.3, -0.25) is 4.79 Å². The van der Waals surface area contributed by atoms with Gasteiger partial charge in [-0.2, -0.15) is 0 Å². The smallest absolute Gasteiger partial charge is 0.285 e. The van der Waals surface area contributed by atoms with E-state index >= 15 is 0 Å². The molecule has 0 saturated heterocycles. The van der Waals surface area contributed by atoms with Crippen molar-refractivity contribution in [2.75, 3.05) is 0 Å². The molecule has 0 aliphatic rings. The van der Waals surface area contributed by atoms with E-state index < -0.39 is 49.5 Å². The standard InChI is InChI=1S/C18H14F3N3O3S/c1-10-5-3-8-13(21)16(10)28(26,27)23-18(25)14-9-24(2)17(22-14)15-11(19)6-4-7-12(15)20/h3-9H,1-2H3,(H,23,25). The van der Waals surface area contributed by atoms with Crippen LogP contribution in [0.4, 0.5) is 13.2 Å². The summed E-state index contributed by atoms with van der Waals surface area (Å²) in [4.78, 5) is 15.5. The van der Waals surface area contributed by atoms with Crippen LogP contribution >= 0.6 is 0 Å². The van der Waals surface area contributed by atoms with Crippen molar-refractivity contribution >= 4 is 15.9 Å². The average molecular weight is 409 g/mol. The minimum absolute atomic E-state index is 0.107. The number of nitrogens with one attached hydrogen (secondary N) is 1. The van der Waals surface area contributed by atoms with Crippen LogP contribution in [0.2, 0.25) is 0 Å². The molecule has 146 valence electrons. The first kappa shape index (κ1) is 19.6. The zero-order valence-corrected chi connectivity index (χ0v) is 15.5. The van der Waals surface area contributed by atoms with Crippen molar-refractivity contribution in [3.05, 3.63) is 71.3 Å². The summed E-state index contributed by atoms with van der Waals surface area (Å²) in [6.45, 7) is 1.38. The average Bonchev–Trinajstić information content (AvgIpc) is 2.96. The van der Waals surface area contributed by atoms with Crippen molar-refractivity contribution in [1.82, 2.24) is 14.3 Å². The van der Waals surface area contributed by atoms with Gasteiger partial charge in [0.15, 0.2) is 0 Å². The minimum Gasteiger partial charge on any atom is -0.333 e. The summed E-state index contributed by atoms with van der Waals surface area (Å²) in [7, 11) is -3.14. The normalized spacial score (nSPS) is 11.5. The van der Waals surface area contributed by atoms with E-state index in [9.17, 15) is 26.4 Å². The number of benzene rings is 2. The zero-order chi connectivity index (χ0) is 20.6. The van der Waals surface area contributed by atoms with Crippen LogP contribution in [0.5, 0.6) is 0 Å². The topological polar surface area (TPSA) is 81.1 Å². The molecule has 1 aromatic heterocycles. The quantitative estimate of drug-likeness (QED) is 0.719. The third-order valence-corrected chi connectivity index (χ3v) is 5.46. The van der Waals surface area contributed by atoms with Gasteiger partial charge in [-0.25, -0.2) is 31.3 Å². The van der Waals surface area contributed by atoms with Crippen LogP contribution in [0.3, 0.4) is 0 Å². The number of hydrogen-bond donors (Lipinski definition) is 1. The van der Waals surface area contributed by atoms with Crippen LogP contribution in [0, 0.1) is 24.4 Å². The SMILES string of the molecule is Cc1cccc(F)c1S(=O)(=O)NC(=O)c1cn(C)c(-c2c(F)cccc2F)n1. The Morgan fingerprint density at radius 2 is 1.61 bits per heavy atom. The number of sulfonamides is 1. The lowest BCUT2D eigenvalue weighted by Gasteiger charge is -2.09. The Kier molecular flexibility index (Phi) is 4.99. The number of carbonyl (C=O) groups is 1. The molecular weight excluding hydrogens is 395 g/mol. The summed E-state index contributed by atoms with van der Waals surface area (Å²) in [5, 5.41) is 0. The first-order valence-electron chi connectivity index (χ1n) is 7.92. The second-order valence-electron chi connectivity index (χ2n) is 5.98. The van der Waals surface area contributed by atoms with Crippen LogP contribution in [0.1, 0.15) is 16.1 Å². The third-order valence-electron chi connectivity index (χ3n) is 3.96. The van der Waals surface area contributed by atoms with Gasteiger partial charge in [0.05, 0.1) is 5.56 Å². The van der Waals surface area contributed by atoms with E-state index in [2.05, 4.69) is 4.98 Å². The van der Waals surface area contributed by atoms with Crippen LogP contribution in [0.15, 0.2) is 47.5 Å². The molecule has 0 aliphatic heterocycles. The third kappa shape index (κ3) is 3.50. The Labute approximate surface area is 158 Å². The highest BCUT2D eigenvalue weighted by atomic mass is 32.2. The predicted octanol–water partition coefficient (Wildman–Crippen LogP) is 2.93. The lowest BCUT2D eigenvalue weighted by atomic mass is 10.2. The molecule has 0 aliphatic carbocycles. The van der Waals surface area contributed by atoms with E-state index in [1.807, 2.05) is 0 Å². The maximum absolute atomic E-state index is 14.0. The molecule has 0 fully saturated rings. The first-order chi connectivity index (χ1) is 13.1. The van der Waals surface area contributed by atoms with Crippen LogP contribution in [-0.4, -0.2) is 23.9 Å². The van der Waals surface area contributed by atoms with E-state index in [0.717, 1.165) is 24.4 Å². The van der Waals surface area contributed by atoms with Crippen molar-refractivity contribution in [3.63, 3.8) is 0 Å². The minimum atomic E-state index is -4.53. The van der Waals surface area contributed by atoms with Crippen molar-refractivity contribution in [1.29, 1.82) is 0 Å². The number of nitrogens with zero attached hydrogens (tertiary/aromatic N) is 2. The molecule has 0 saturated carbocycles. The van der Waals surface area contributed by atoms with Gasteiger partial charge in [-0.15, -0.1) is 0 Å². The summed E-state index contributed by atoms with van der Waals surface area (Å²) in [5.41, 5.74) is -0.759. The number of imidazole rings is 1. The van der Waals surface area contributed by atoms with E-state index in [-0.39, 0.29) is 11.4 Å². The van der Waals surface area contributed by atoms with Gasteiger partial charge in [-0.05, 0) is 30.7 Å². The molecule has 0 unspecified atom stereocenters. The second-order valence-corrected chi connectivity index (χ2v) is 7.60. The molecule has 28 heavy (non-hydrogen) atoms. The van der Waals surface area contributed by atoms with Gasteiger partial charge in [0, 0.05) is 13.2 Å². The Morgan fingerprint density at radius 1 is 1.04 bits per heavy atom. The first-order valence-corrected chi connectivity index (χ1v) is 9.40. The summed E-state index contributed by atoms with van der Waals surface area (Å²) < 4.78 is 69.6. The molecule has 6 nitrogen and oxygen atoms in total. The number of aromatic nitrogens is 2. The van der Waals surface area contributed by atoms with Crippen molar-refractivity contribution in [3.8, 4) is 11.4 Å². The Balaban J connectivity index is 1.97. The molecule has 0 bridgehead atoms. The Hall–Kier alpha value is -3.14. The van der Waals surface area contributed by atoms with Crippen molar-refractivity contribution in [2.24, 2.45) is 7.05 Å². The predicted molar refractivity (Wildman–Crippen MR) is 94.3 cm³/mol. The highest BCUT2D eigenvalue weighted by Crippen LogP contribution is 2.25. The van der Waals surface area contributed by atoms with E-state index in [4.69, 9.17) is 0 Å². The number of hydrogen-bond acceptors (Lipinski definition) is 4. The number of aryl methyl sites for hydroxylation is 2. The van der Waals surface area contributed by atoms with Gasteiger partial charge in [0.25, 0.3) is 15.9 Å². The van der Waals surface area contributed by atoms with Crippen molar-refractivity contribution < 1.29 is 26.4 Å². The fourth-order valence-electron chi connectivity index (χ4n) is 2.70. The van der Waals surface area contributed by atoms with Crippen molar-refractivity contribution in [2.45, 2.75) is 11.8 Å². The maximum atomic E-state index is 14.0. The van der Waals surface area contributed by atoms with Gasteiger partial charge in [0.2, 0.25) is 0 Å². The molecule has 1 amide bonds. The summed E-state index contributed by atoms with van der Waals surface area (Å²) >= 11 is 0. The maximum Gasteiger partial charge on any atom is 0.285 e. The van der Waals surface area contributed by atoms with Crippen LogP contribution < -0.4 is 4.72 Å². The van der Waals surface area contributed by atoms with Gasteiger partial charge in [0.1, 0.15) is 33.9 Å². The molecular formula is C18H14F3N3O3S. The fourth-order valence-corrected chi connectivity index (χ4v) is 3.97. The lowest BCUT2D eigenvalue weighted by molar-refractivity contribution is 0.0977. The number of amides is 1. The van der Waals surface area contributed by atoms with E-state index in [1.165, 1.54) is 36.7 Å². The molecule has 3 rings (SSSR count). The molecule has 10 heteroatoms. The van der Waals surface area contributed by atoms with Gasteiger partial charge >= 0.3 is 0 Å². The molecule has 0 atom stereocenters. The summed E-state index contributed by atoms with van der Waals surface area (Å²) in [6.07, 6.45) is 1.11. The zero-order valence-electron chi connectivity index (χ0n) is 14.7. The van der Waals surface area contributed by atoms with Crippen LogP contribution in [0.25, 0.3) is 11.4 Å². The highest BCUT2D eigenvalue weighted by Gasteiger charge is 2.26. The molecule has 2 aromatic carbocycles. The molecule has 1 heterocycles. The largest absolute Gasteiger partial charge is 0.333 e. The fraction of sp³-hybridized carbons (Fsp3) is 0.111. The van der Waals surface area contributed by atoms with Gasteiger partial charge in [-0.1, -0.05) is 18.2 Å². The summed E-state index contributed by atoms with van der Waals surface area (Å²) in [6, 6.07) is 6.89. The monoisotopic (exact) mass is 409 g/mol. The van der Waals surface area contributed by atoms with Crippen LogP contribution in [-0.2, 0) is 17.1 Å². The second kappa shape index (κ2) is 7.12. The summed E-state index contributed by atoms with van der Waals surface area (Å²) in [5.74, 6) is -4.18. The number of rotatable bonds is 4. The molecule has 1 N–H and O–H groups in total. The molecule has 0 spiro atoms. The Bertz CT molecular complexity index is 1150. The highest BCUT2D eigenvalue weighted by molar-refractivity contribution is 7.90. The molecule has 3 aromatic rings. The van der Waals surface area contributed by atoms with Gasteiger partial charge < -0.3 is 4.57 Å². The number of halogens is 3. The number of carbonyl (C=O) groups excluding carboxylic acids is 1. The lowest BCUT2D eigenvalue weighted by Crippen LogP contribution is -2.32. The van der Waals surface area contributed by atoms with E-state index in [1.54, 1.807) is 4.72 Å². The molecule has 0 radical (unpaired) electrons.